The number of phenols is 1. The molecule has 0 aliphatic carbocycles. The van der Waals surface area contributed by atoms with Gasteiger partial charge in [-0.05, 0) is 19.4 Å². The van der Waals surface area contributed by atoms with Gasteiger partial charge >= 0.3 is 0 Å². The third kappa shape index (κ3) is 3.92. The normalized spacial score (nSPS) is 10.9. The number of unbranched alkanes of at least 4 members (excludes halogenated alkanes) is 1. The first-order chi connectivity index (χ1) is 12.8. The minimum absolute atomic E-state index is 0.117. The van der Waals surface area contributed by atoms with E-state index >= 15 is 0 Å². The summed E-state index contributed by atoms with van der Waals surface area (Å²) in [4.78, 5) is 22.5. The molecule has 0 aliphatic heterocycles. The number of hydrogen-bond acceptors (Lipinski definition) is 8. The number of aromatic nitrogens is 1. The molecule has 0 fully saturated rings. The number of pyridine rings is 1. The summed E-state index contributed by atoms with van der Waals surface area (Å²) in [6.45, 7) is 3.54. The minimum Gasteiger partial charge on any atom is -0.506 e. The van der Waals surface area contributed by atoms with E-state index in [0.29, 0.717) is 6.42 Å². The Hall–Kier alpha value is -3.74. The predicted molar refractivity (Wildman–Crippen MR) is 95.7 cm³/mol. The summed E-state index contributed by atoms with van der Waals surface area (Å²) in [5, 5.41) is 47.9. The van der Waals surface area contributed by atoms with Gasteiger partial charge in [0, 0.05) is 24.2 Å². The number of azo groups is 1. The van der Waals surface area contributed by atoms with Crippen molar-refractivity contribution in [3.8, 4) is 17.7 Å². The summed E-state index contributed by atoms with van der Waals surface area (Å²) in [7, 11) is 0. The zero-order valence-electron chi connectivity index (χ0n) is 14.7. The number of nitro groups is 1. The molecule has 10 nitrogen and oxygen atoms in total. The van der Waals surface area contributed by atoms with Crippen molar-refractivity contribution >= 4 is 17.1 Å². The van der Waals surface area contributed by atoms with E-state index in [1.54, 1.807) is 6.07 Å². The highest BCUT2D eigenvalue weighted by Gasteiger charge is 2.19. The maximum Gasteiger partial charge on any atom is 0.271 e. The quantitative estimate of drug-likeness (QED) is 0.449. The molecule has 0 bridgehead atoms. The maximum atomic E-state index is 12.3. The van der Waals surface area contributed by atoms with E-state index in [1.807, 2.05) is 6.92 Å². The highest BCUT2D eigenvalue weighted by Crippen LogP contribution is 2.35. The first-order valence-corrected chi connectivity index (χ1v) is 8.07. The number of nitriles is 1. The Balaban J connectivity index is 2.61. The van der Waals surface area contributed by atoms with Gasteiger partial charge in [0.25, 0.3) is 11.2 Å². The van der Waals surface area contributed by atoms with Crippen molar-refractivity contribution in [3.05, 3.63) is 49.8 Å². The van der Waals surface area contributed by atoms with E-state index in [2.05, 4.69) is 10.2 Å². The molecule has 140 valence electrons. The molecule has 2 aromatic rings. The first kappa shape index (κ1) is 19.6. The molecular weight excluding hydrogens is 354 g/mol. The Morgan fingerprint density at radius 1 is 1.33 bits per heavy atom. The van der Waals surface area contributed by atoms with E-state index in [4.69, 9.17) is 0 Å². The molecule has 0 amide bonds. The van der Waals surface area contributed by atoms with Gasteiger partial charge in [-0.3, -0.25) is 19.5 Å². The van der Waals surface area contributed by atoms with Gasteiger partial charge in [0.05, 0.1) is 4.92 Å². The SMILES string of the molecule is CCCCn1c(O)c(/N=N/c2cc([N+](=O)[O-])ccc2O)c(C)c(C#N)c1=O. The lowest BCUT2D eigenvalue weighted by atomic mass is 10.1. The molecule has 0 radical (unpaired) electrons. The van der Waals surface area contributed by atoms with E-state index in [0.717, 1.165) is 29.2 Å². The topological polar surface area (TPSA) is 154 Å². The van der Waals surface area contributed by atoms with Crippen molar-refractivity contribution in [1.82, 2.24) is 4.57 Å². The number of rotatable bonds is 6. The molecule has 0 atom stereocenters. The largest absolute Gasteiger partial charge is 0.506 e. The molecule has 1 aromatic heterocycles. The monoisotopic (exact) mass is 371 g/mol. The predicted octanol–water partition coefficient (Wildman–Crippen LogP) is 3.56. The van der Waals surface area contributed by atoms with Crippen LogP contribution in [0, 0.1) is 28.4 Å². The summed E-state index contributed by atoms with van der Waals surface area (Å²) >= 11 is 0. The smallest absolute Gasteiger partial charge is 0.271 e. The van der Waals surface area contributed by atoms with Gasteiger partial charge in [0.2, 0.25) is 5.88 Å². The van der Waals surface area contributed by atoms with Crippen LogP contribution >= 0.6 is 0 Å². The summed E-state index contributed by atoms with van der Waals surface area (Å²) < 4.78 is 1.04. The van der Waals surface area contributed by atoms with Crippen LogP contribution in [0.4, 0.5) is 17.1 Å². The van der Waals surface area contributed by atoms with Crippen molar-refractivity contribution in [2.24, 2.45) is 10.2 Å². The van der Waals surface area contributed by atoms with Gasteiger partial charge < -0.3 is 10.2 Å². The number of nitro benzene ring substituents is 1. The summed E-state index contributed by atoms with van der Waals surface area (Å²) in [5.74, 6) is -0.806. The van der Waals surface area contributed by atoms with E-state index in [1.165, 1.54) is 6.92 Å². The van der Waals surface area contributed by atoms with Crippen LogP contribution in [-0.4, -0.2) is 19.7 Å². The van der Waals surface area contributed by atoms with E-state index in [-0.39, 0.29) is 40.5 Å². The molecule has 0 aliphatic rings. The van der Waals surface area contributed by atoms with Crippen LogP contribution < -0.4 is 5.56 Å². The third-order valence-corrected chi connectivity index (χ3v) is 3.93. The maximum absolute atomic E-state index is 12.3. The van der Waals surface area contributed by atoms with Gasteiger partial charge in [0.1, 0.15) is 23.1 Å². The van der Waals surface area contributed by atoms with Crippen LogP contribution in [0.25, 0.3) is 0 Å². The summed E-state index contributed by atoms with van der Waals surface area (Å²) in [6.07, 6.45) is 1.36. The van der Waals surface area contributed by atoms with E-state index in [9.17, 15) is 30.4 Å². The fraction of sp³-hybridized carbons (Fsp3) is 0.294. The highest BCUT2D eigenvalue weighted by molar-refractivity contribution is 5.61. The van der Waals surface area contributed by atoms with Crippen molar-refractivity contribution in [3.63, 3.8) is 0 Å². The van der Waals surface area contributed by atoms with E-state index < -0.39 is 16.4 Å². The van der Waals surface area contributed by atoms with Crippen LogP contribution in [-0.2, 0) is 6.54 Å². The lowest BCUT2D eigenvalue weighted by Gasteiger charge is -2.12. The summed E-state index contributed by atoms with van der Waals surface area (Å²) in [5.41, 5.74) is -1.28. The molecule has 0 spiro atoms. The Morgan fingerprint density at radius 3 is 2.63 bits per heavy atom. The van der Waals surface area contributed by atoms with Crippen molar-refractivity contribution in [2.75, 3.05) is 0 Å². The highest BCUT2D eigenvalue weighted by atomic mass is 16.6. The molecule has 1 heterocycles. The summed E-state index contributed by atoms with van der Waals surface area (Å²) in [6, 6.07) is 5.02. The Kier molecular flexibility index (Phi) is 5.87. The number of nitrogens with zero attached hydrogens (tertiary/aromatic N) is 5. The van der Waals surface area contributed by atoms with Crippen molar-refractivity contribution < 1.29 is 15.1 Å². The van der Waals surface area contributed by atoms with Gasteiger partial charge in [0.15, 0.2) is 5.69 Å². The molecule has 0 saturated heterocycles. The first-order valence-electron chi connectivity index (χ1n) is 8.07. The Labute approximate surface area is 153 Å². The molecular formula is C17H17N5O5. The second kappa shape index (κ2) is 8.09. The number of benzene rings is 1. The number of phenolic OH excluding ortho intramolecular Hbond substituents is 1. The van der Waals surface area contributed by atoms with Gasteiger partial charge in [-0.1, -0.05) is 13.3 Å². The number of aromatic hydroxyl groups is 2. The second-order valence-electron chi connectivity index (χ2n) is 5.72. The van der Waals surface area contributed by atoms with Crippen molar-refractivity contribution in [2.45, 2.75) is 33.2 Å². The van der Waals surface area contributed by atoms with Crippen molar-refractivity contribution in [1.29, 1.82) is 5.26 Å². The lowest BCUT2D eigenvalue weighted by Crippen LogP contribution is -2.23. The number of non-ortho nitro benzene ring substituents is 1. The van der Waals surface area contributed by atoms with Gasteiger partial charge in [-0.15, -0.1) is 10.2 Å². The molecule has 27 heavy (non-hydrogen) atoms. The van der Waals surface area contributed by atoms with Crippen LogP contribution in [0.1, 0.15) is 30.9 Å². The molecule has 2 N–H and O–H groups in total. The standard InChI is InChI=1S/C17H17N5O5/c1-3-4-7-21-16(24)12(9-18)10(2)15(17(21)25)20-19-13-8-11(22(26)27)5-6-14(13)23/h5-6,8,23,25H,3-4,7H2,1-2H3/b20-19+. The molecule has 2 rings (SSSR count). The molecule has 0 unspecified atom stereocenters. The third-order valence-electron chi connectivity index (χ3n) is 3.93. The zero-order chi connectivity index (χ0) is 20.1. The van der Waals surface area contributed by atoms with Crippen LogP contribution in [0.5, 0.6) is 11.6 Å². The fourth-order valence-electron chi connectivity index (χ4n) is 2.39. The Morgan fingerprint density at radius 2 is 2.04 bits per heavy atom. The second-order valence-corrected chi connectivity index (χ2v) is 5.72. The molecule has 10 heteroatoms. The van der Waals surface area contributed by atoms with Crippen LogP contribution in [0.3, 0.4) is 0 Å². The zero-order valence-corrected chi connectivity index (χ0v) is 14.7. The minimum atomic E-state index is -0.653. The van der Waals surface area contributed by atoms with Crippen LogP contribution in [0.15, 0.2) is 33.2 Å². The lowest BCUT2D eigenvalue weighted by molar-refractivity contribution is -0.384. The molecule has 0 saturated carbocycles. The molecule has 1 aromatic carbocycles. The van der Waals surface area contributed by atoms with Gasteiger partial charge in [-0.2, -0.15) is 5.26 Å². The van der Waals surface area contributed by atoms with Gasteiger partial charge in [-0.25, -0.2) is 0 Å². The number of hydrogen-bond donors (Lipinski definition) is 2. The average Bonchev–Trinajstić information content (AvgIpc) is 2.63. The van der Waals surface area contributed by atoms with Crippen LogP contribution in [0.2, 0.25) is 0 Å². The Bertz CT molecular complexity index is 1020. The average molecular weight is 371 g/mol. The fourth-order valence-corrected chi connectivity index (χ4v) is 2.39.